The fourth-order valence-corrected chi connectivity index (χ4v) is 4.19. The predicted molar refractivity (Wildman–Crippen MR) is 99.9 cm³/mol. The fourth-order valence-electron chi connectivity index (χ4n) is 3.40. The monoisotopic (exact) mass is 367 g/mol. The standard InChI is InChI=1S/C20H18FN3OS/c21-16-9-5-13(6-10-16)11-19-23-24-20(26-19)22-18(25)12-15-8-7-14-3-1-2-4-17(14)15/h1-6,9-10,15H,7-8,11-12H2,(H,22,24,25). The van der Waals surface area contributed by atoms with Crippen molar-refractivity contribution in [1.29, 1.82) is 0 Å². The number of carbonyl (C=O) groups is 1. The van der Waals surface area contributed by atoms with E-state index in [1.54, 1.807) is 12.1 Å². The van der Waals surface area contributed by atoms with Gasteiger partial charge >= 0.3 is 0 Å². The van der Waals surface area contributed by atoms with Gasteiger partial charge in [0.1, 0.15) is 10.8 Å². The first-order chi connectivity index (χ1) is 12.7. The van der Waals surface area contributed by atoms with Gasteiger partial charge in [-0.15, -0.1) is 10.2 Å². The van der Waals surface area contributed by atoms with Gasteiger partial charge in [0.15, 0.2) is 0 Å². The van der Waals surface area contributed by atoms with E-state index < -0.39 is 0 Å². The molecule has 1 aromatic heterocycles. The summed E-state index contributed by atoms with van der Waals surface area (Å²) in [7, 11) is 0. The number of aryl methyl sites for hydroxylation is 1. The van der Waals surface area contributed by atoms with E-state index >= 15 is 0 Å². The second-order valence-electron chi connectivity index (χ2n) is 6.49. The Balaban J connectivity index is 1.35. The molecule has 0 bridgehead atoms. The van der Waals surface area contributed by atoms with E-state index in [2.05, 4.69) is 27.6 Å². The molecule has 0 fully saturated rings. The second-order valence-corrected chi connectivity index (χ2v) is 7.55. The van der Waals surface area contributed by atoms with Crippen LogP contribution in [0.2, 0.25) is 0 Å². The Bertz CT molecular complexity index is 923. The Morgan fingerprint density at radius 1 is 1.15 bits per heavy atom. The molecule has 3 aromatic rings. The third-order valence-corrected chi connectivity index (χ3v) is 5.51. The van der Waals surface area contributed by atoms with Crippen molar-refractivity contribution >= 4 is 22.4 Å². The topological polar surface area (TPSA) is 54.9 Å². The Kier molecular flexibility index (Phi) is 4.75. The summed E-state index contributed by atoms with van der Waals surface area (Å²) in [6, 6.07) is 14.6. The van der Waals surface area contributed by atoms with Crippen LogP contribution in [0.15, 0.2) is 48.5 Å². The largest absolute Gasteiger partial charge is 0.301 e. The smallest absolute Gasteiger partial charge is 0.226 e. The van der Waals surface area contributed by atoms with Crippen LogP contribution in [0.5, 0.6) is 0 Å². The molecule has 0 aliphatic heterocycles. The lowest BCUT2D eigenvalue weighted by atomic mass is 9.97. The van der Waals surface area contributed by atoms with Crippen LogP contribution < -0.4 is 5.32 Å². The maximum atomic E-state index is 13.0. The lowest BCUT2D eigenvalue weighted by molar-refractivity contribution is -0.116. The van der Waals surface area contributed by atoms with Gasteiger partial charge in [-0.2, -0.15) is 0 Å². The highest BCUT2D eigenvalue weighted by molar-refractivity contribution is 7.15. The quantitative estimate of drug-likeness (QED) is 0.730. The number of aromatic nitrogens is 2. The first-order valence-corrected chi connectivity index (χ1v) is 9.43. The van der Waals surface area contributed by atoms with Crippen molar-refractivity contribution in [1.82, 2.24) is 10.2 Å². The van der Waals surface area contributed by atoms with E-state index in [9.17, 15) is 9.18 Å². The molecule has 1 atom stereocenters. The van der Waals surface area contributed by atoms with Crippen molar-refractivity contribution in [2.45, 2.75) is 31.6 Å². The number of fused-ring (bicyclic) bond motifs is 1. The minimum absolute atomic E-state index is 0.0313. The van der Waals surface area contributed by atoms with Crippen molar-refractivity contribution in [2.75, 3.05) is 5.32 Å². The first-order valence-electron chi connectivity index (χ1n) is 8.62. The zero-order valence-electron chi connectivity index (χ0n) is 14.1. The average Bonchev–Trinajstić information content (AvgIpc) is 3.24. The molecule has 0 radical (unpaired) electrons. The first kappa shape index (κ1) is 16.8. The summed E-state index contributed by atoms with van der Waals surface area (Å²) in [6.45, 7) is 0. The number of halogens is 1. The van der Waals surface area contributed by atoms with Crippen LogP contribution in [-0.4, -0.2) is 16.1 Å². The van der Waals surface area contributed by atoms with Gasteiger partial charge in [-0.25, -0.2) is 4.39 Å². The van der Waals surface area contributed by atoms with Crippen LogP contribution in [-0.2, 0) is 17.6 Å². The highest BCUT2D eigenvalue weighted by atomic mass is 32.1. The Morgan fingerprint density at radius 2 is 1.96 bits per heavy atom. The second kappa shape index (κ2) is 7.33. The van der Waals surface area contributed by atoms with E-state index in [4.69, 9.17) is 0 Å². The van der Waals surface area contributed by atoms with Crippen molar-refractivity contribution in [3.8, 4) is 0 Å². The van der Waals surface area contributed by atoms with Crippen LogP contribution in [0, 0.1) is 5.82 Å². The van der Waals surface area contributed by atoms with Gasteiger partial charge < -0.3 is 5.32 Å². The molecule has 1 amide bonds. The number of anilines is 1. The van der Waals surface area contributed by atoms with Crippen molar-refractivity contribution in [3.63, 3.8) is 0 Å². The van der Waals surface area contributed by atoms with Crippen LogP contribution in [0.4, 0.5) is 9.52 Å². The molecule has 0 spiro atoms. The van der Waals surface area contributed by atoms with Crippen LogP contribution >= 0.6 is 11.3 Å². The summed E-state index contributed by atoms with van der Waals surface area (Å²) in [5.74, 6) is -0.0126. The van der Waals surface area contributed by atoms with Gasteiger partial charge in [-0.1, -0.05) is 47.7 Å². The van der Waals surface area contributed by atoms with E-state index in [0.717, 1.165) is 23.4 Å². The Hall–Kier alpha value is -2.60. The van der Waals surface area contributed by atoms with E-state index in [1.807, 2.05) is 12.1 Å². The number of benzene rings is 2. The zero-order valence-corrected chi connectivity index (χ0v) is 14.9. The molecule has 4 rings (SSSR count). The minimum Gasteiger partial charge on any atom is -0.301 e. The average molecular weight is 367 g/mol. The van der Waals surface area contributed by atoms with Crippen LogP contribution in [0.3, 0.4) is 0 Å². The van der Waals surface area contributed by atoms with Crippen LogP contribution in [0.1, 0.15) is 40.5 Å². The maximum absolute atomic E-state index is 13.0. The van der Waals surface area contributed by atoms with Gasteiger partial charge in [-0.05, 0) is 47.6 Å². The highest BCUT2D eigenvalue weighted by Crippen LogP contribution is 2.35. The molecule has 4 nitrogen and oxygen atoms in total. The molecule has 1 N–H and O–H groups in total. The summed E-state index contributed by atoms with van der Waals surface area (Å²) in [4.78, 5) is 12.4. The molecule has 0 saturated carbocycles. The van der Waals surface area contributed by atoms with Crippen LogP contribution in [0.25, 0.3) is 0 Å². The summed E-state index contributed by atoms with van der Waals surface area (Å²) in [6.07, 6.45) is 3.08. The summed E-state index contributed by atoms with van der Waals surface area (Å²) >= 11 is 1.36. The normalized spacial score (nSPS) is 15.7. The minimum atomic E-state index is -0.257. The molecular weight excluding hydrogens is 349 g/mol. The number of carbonyl (C=O) groups excluding carboxylic acids is 1. The molecule has 132 valence electrons. The number of amides is 1. The molecular formula is C20H18FN3OS. The third-order valence-electron chi connectivity index (χ3n) is 4.67. The van der Waals surface area contributed by atoms with Gasteiger partial charge in [0.25, 0.3) is 0 Å². The molecule has 1 aliphatic carbocycles. The van der Waals surface area contributed by atoms with E-state index in [0.29, 0.717) is 18.0 Å². The van der Waals surface area contributed by atoms with Crippen molar-refractivity contribution in [3.05, 3.63) is 76.0 Å². The Morgan fingerprint density at radius 3 is 2.81 bits per heavy atom. The van der Waals surface area contributed by atoms with Gasteiger partial charge in [-0.3, -0.25) is 4.79 Å². The molecule has 1 heterocycles. The molecule has 1 aliphatic rings. The number of nitrogens with zero attached hydrogens (tertiary/aromatic N) is 2. The number of hydrogen-bond donors (Lipinski definition) is 1. The van der Waals surface area contributed by atoms with Gasteiger partial charge in [0.2, 0.25) is 11.0 Å². The number of nitrogens with one attached hydrogen (secondary N) is 1. The maximum Gasteiger partial charge on any atom is 0.226 e. The zero-order chi connectivity index (χ0) is 17.9. The molecule has 1 unspecified atom stereocenters. The lowest BCUT2D eigenvalue weighted by Gasteiger charge is -2.10. The summed E-state index contributed by atoms with van der Waals surface area (Å²) in [5.41, 5.74) is 3.60. The van der Waals surface area contributed by atoms with Gasteiger partial charge in [0.05, 0.1) is 0 Å². The SMILES string of the molecule is O=C(CC1CCc2ccccc21)Nc1nnc(Cc2ccc(F)cc2)s1. The molecule has 2 aromatic carbocycles. The third kappa shape index (κ3) is 3.80. The number of rotatable bonds is 5. The highest BCUT2D eigenvalue weighted by Gasteiger charge is 2.24. The summed E-state index contributed by atoms with van der Waals surface area (Å²) < 4.78 is 13.0. The predicted octanol–water partition coefficient (Wildman–Crippen LogP) is 4.33. The lowest BCUT2D eigenvalue weighted by Crippen LogP contribution is -2.14. The van der Waals surface area contributed by atoms with Crippen molar-refractivity contribution < 1.29 is 9.18 Å². The summed E-state index contributed by atoms with van der Waals surface area (Å²) in [5, 5.41) is 12.3. The van der Waals surface area contributed by atoms with E-state index in [-0.39, 0.29) is 17.6 Å². The molecule has 6 heteroatoms. The fraction of sp³-hybridized carbons (Fsp3) is 0.250. The molecule has 26 heavy (non-hydrogen) atoms. The van der Waals surface area contributed by atoms with E-state index in [1.165, 1.54) is 34.6 Å². The van der Waals surface area contributed by atoms with Crippen molar-refractivity contribution in [2.24, 2.45) is 0 Å². The van der Waals surface area contributed by atoms with Gasteiger partial charge in [0, 0.05) is 12.8 Å². The Labute approximate surface area is 155 Å². The number of hydrogen-bond acceptors (Lipinski definition) is 4. The molecule has 0 saturated heterocycles.